The van der Waals surface area contributed by atoms with Gasteiger partial charge in [-0.05, 0) is 54.8 Å². The van der Waals surface area contributed by atoms with Crippen molar-refractivity contribution in [1.82, 2.24) is 0 Å². The second-order valence-electron chi connectivity index (χ2n) is 5.24. The molecule has 0 aromatic heterocycles. The maximum atomic E-state index is 5.56. The molecule has 3 heteroatoms. The largest absolute Gasteiger partial charge is 0.493 e. The van der Waals surface area contributed by atoms with Gasteiger partial charge in [-0.3, -0.25) is 0 Å². The van der Waals surface area contributed by atoms with E-state index in [0.29, 0.717) is 0 Å². The van der Waals surface area contributed by atoms with E-state index in [1.807, 2.05) is 0 Å². The quantitative estimate of drug-likeness (QED) is 0.866. The number of hydrogen-bond acceptors (Lipinski definition) is 2. The van der Waals surface area contributed by atoms with E-state index in [9.17, 15) is 0 Å². The molecule has 0 bridgehead atoms. The molecule has 2 aromatic rings. The van der Waals surface area contributed by atoms with Crippen molar-refractivity contribution in [3.05, 3.63) is 57.6 Å². The fourth-order valence-electron chi connectivity index (χ4n) is 2.56. The highest BCUT2D eigenvalue weighted by molar-refractivity contribution is 9.10. The van der Waals surface area contributed by atoms with Crippen molar-refractivity contribution >= 4 is 21.6 Å². The molecule has 3 rings (SSSR count). The number of anilines is 1. The molecule has 2 aromatic carbocycles. The smallest absolute Gasteiger partial charge is 0.122 e. The molecule has 1 aliphatic rings. The van der Waals surface area contributed by atoms with E-state index in [1.54, 1.807) is 0 Å². The van der Waals surface area contributed by atoms with Gasteiger partial charge in [0.05, 0.1) is 6.61 Å². The molecule has 0 fully saturated rings. The number of nitrogens with one attached hydrogen (secondary N) is 1. The van der Waals surface area contributed by atoms with E-state index in [-0.39, 0.29) is 6.04 Å². The maximum Gasteiger partial charge on any atom is 0.122 e. The van der Waals surface area contributed by atoms with Crippen LogP contribution in [-0.2, 0) is 6.42 Å². The lowest BCUT2D eigenvalue weighted by Gasteiger charge is -2.18. The first kappa shape index (κ1) is 13.5. The van der Waals surface area contributed by atoms with E-state index in [4.69, 9.17) is 4.74 Å². The van der Waals surface area contributed by atoms with E-state index in [1.165, 1.54) is 22.4 Å². The van der Waals surface area contributed by atoms with Gasteiger partial charge in [0.25, 0.3) is 0 Å². The summed E-state index contributed by atoms with van der Waals surface area (Å²) in [6.45, 7) is 5.12. The zero-order valence-corrected chi connectivity index (χ0v) is 13.3. The Morgan fingerprint density at radius 1 is 1.25 bits per heavy atom. The number of halogens is 1. The molecule has 1 N–H and O–H groups in total. The van der Waals surface area contributed by atoms with Gasteiger partial charge in [-0.15, -0.1) is 0 Å². The molecule has 1 aliphatic heterocycles. The maximum absolute atomic E-state index is 5.56. The van der Waals surface area contributed by atoms with Crippen LogP contribution in [0.25, 0.3) is 0 Å². The SMILES string of the molecule is Cc1c(Br)cccc1NC(C)c1ccc2c(c1)CCO2. The summed E-state index contributed by atoms with van der Waals surface area (Å²) in [7, 11) is 0. The molecule has 0 aliphatic carbocycles. The van der Waals surface area contributed by atoms with Gasteiger partial charge < -0.3 is 10.1 Å². The average Bonchev–Trinajstić information content (AvgIpc) is 2.91. The minimum absolute atomic E-state index is 0.272. The lowest BCUT2D eigenvalue weighted by atomic mass is 10.0. The van der Waals surface area contributed by atoms with Crippen LogP contribution in [0.5, 0.6) is 5.75 Å². The Labute approximate surface area is 128 Å². The van der Waals surface area contributed by atoms with Gasteiger partial charge in [-0.2, -0.15) is 0 Å². The Balaban J connectivity index is 1.82. The predicted octanol–water partition coefficient (Wildman–Crippen LogP) is 4.87. The van der Waals surface area contributed by atoms with Gasteiger partial charge in [-0.1, -0.05) is 28.1 Å². The molecule has 2 nitrogen and oxygen atoms in total. The highest BCUT2D eigenvalue weighted by Crippen LogP contribution is 2.31. The minimum atomic E-state index is 0.272. The second kappa shape index (κ2) is 5.49. The van der Waals surface area contributed by atoms with Gasteiger partial charge in [0.2, 0.25) is 0 Å². The van der Waals surface area contributed by atoms with Crippen LogP contribution in [0.4, 0.5) is 5.69 Å². The van der Waals surface area contributed by atoms with Crippen LogP contribution < -0.4 is 10.1 Å². The van der Waals surface area contributed by atoms with Crippen LogP contribution >= 0.6 is 15.9 Å². The molecular weight excluding hydrogens is 314 g/mol. The molecule has 0 amide bonds. The van der Waals surface area contributed by atoms with Gasteiger partial charge in [0, 0.05) is 22.6 Å². The zero-order chi connectivity index (χ0) is 14.1. The van der Waals surface area contributed by atoms with Crippen LogP contribution in [-0.4, -0.2) is 6.61 Å². The van der Waals surface area contributed by atoms with E-state index < -0.39 is 0 Å². The first-order chi connectivity index (χ1) is 9.65. The Hall–Kier alpha value is -1.48. The van der Waals surface area contributed by atoms with Crippen LogP contribution in [0, 0.1) is 6.92 Å². The van der Waals surface area contributed by atoms with Gasteiger partial charge >= 0.3 is 0 Å². The normalized spacial score (nSPS) is 14.6. The fraction of sp³-hybridized carbons (Fsp3) is 0.294. The molecule has 0 spiro atoms. The highest BCUT2D eigenvalue weighted by atomic mass is 79.9. The number of hydrogen-bond donors (Lipinski definition) is 1. The summed E-state index contributed by atoms with van der Waals surface area (Å²) in [5.41, 5.74) is 5.03. The standard InChI is InChI=1S/C17H18BrNO/c1-11-15(18)4-3-5-16(11)19-12(2)13-6-7-17-14(10-13)8-9-20-17/h3-7,10,12,19H,8-9H2,1-2H3. The van der Waals surface area contributed by atoms with E-state index in [2.05, 4.69) is 71.5 Å². The van der Waals surface area contributed by atoms with Gasteiger partial charge in [-0.25, -0.2) is 0 Å². The van der Waals surface area contributed by atoms with Gasteiger partial charge in [0.1, 0.15) is 5.75 Å². The summed E-state index contributed by atoms with van der Waals surface area (Å²) in [5, 5.41) is 3.59. The fourth-order valence-corrected chi connectivity index (χ4v) is 2.92. The third kappa shape index (κ3) is 2.55. The topological polar surface area (TPSA) is 21.3 Å². The van der Waals surface area contributed by atoms with Crippen molar-refractivity contribution < 1.29 is 4.74 Å². The molecule has 0 radical (unpaired) electrons. The number of benzene rings is 2. The lowest BCUT2D eigenvalue weighted by molar-refractivity contribution is 0.357. The van der Waals surface area contributed by atoms with Crippen LogP contribution in [0.2, 0.25) is 0 Å². The monoisotopic (exact) mass is 331 g/mol. The van der Waals surface area contributed by atoms with Crippen molar-refractivity contribution in [2.75, 3.05) is 11.9 Å². The van der Waals surface area contributed by atoms with Gasteiger partial charge in [0.15, 0.2) is 0 Å². The zero-order valence-electron chi connectivity index (χ0n) is 11.7. The van der Waals surface area contributed by atoms with Crippen LogP contribution in [0.3, 0.4) is 0 Å². The minimum Gasteiger partial charge on any atom is -0.493 e. The molecule has 1 atom stereocenters. The van der Waals surface area contributed by atoms with Crippen molar-refractivity contribution in [3.8, 4) is 5.75 Å². The molecule has 20 heavy (non-hydrogen) atoms. The molecule has 1 unspecified atom stereocenters. The van der Waals surface area contributed by atoms with Crippen molar-refractivity contribution in [1.29, 1.82) is 0 Å². The molecule has 1 heterocycles. The Kier molecular flexibility index (Phi) is 3.70. The number of fused-ring (bicyclic) bond motifs is 1. The highest BCUT2D eigenvalue weighted by Gasteiger charge is 2.15. The number of ether oxygens (including phenoxy) is 1. The van der Waals surface area contributed by atoms with Crippen molar-refractivity contribution in [2.45, 2.75) is 26.3 Å². The first-order valence-electron chi connectivity index (χ1n) is 6.92. The summed E-state index contributed by atoms with van der Waals surface area (Å²) in [6, 6.07) is 13.0. The molecule has 104 valence electrons. The molecule has 0 saturated carbocycles. The Morgan fingerprint density at radius 3 is 2.95 bits per heavy atom. The average molecular weight is 332 g/mol. The summed E-state index contributed by atoms with van der Waals surface area (Å²) in [4.78, 5) is 0. The second-order valence-corrected chi connectivity index (χ2v) is 6.10. The predicted molar refractivity (Wildman–Crippen MR) is 86.6 cm³/mol. The van der Waals surface area contributed by atoms with Crippen molar-refractivity contribution in [2.24, 2.45) is 0 Å². The van der Waals surface area contributed by atoms with Crippen LogP contribution in [0.1, 0.15) is 29.7 Å². The van der Waals surface area contributed by atoms with E-state index >= 15 is 0 Å². The third-order valence-electron chi connectivity index (χ3n) is 3.85. The summed E-state index contributed by atoms with van der Waals surface area (Å²) in [5.74, 6) is 1.04. The first-order valence-corrected chi connectivity index (χ1v) is 7.72. The molecule has 0 saturated heterocycles. The van der Waals surface area contributed by atoms with Crippen molar-refractivity contribution in [3.63, 3.8) is 0 Å². The summed E-state index contributed by atoms with van der Waals surface area (Å²) in [6.07, 6.45) is 1.02. The Bertz CT molecular complexity index is 639. The third-order valence-corrected chi connectivity index (χ3v) is 4.71. The Morgan fingerprint density at radius 2 is 2.10 bits per heavy atom. The van der Waals surface area contributed by atoms with Crippen LogP contribution in [0.15, 0.2) is 40.9 Å². The van der Waals surface area contributed by atoms with E-state index in [0.717, 1.165) is 23.2 Å². The summed E-state index contributed by atoms with van der Waals surface area (Å²) < 4.78 is 6.70. The summed E-state index contributed by atoms with van der Waals surface area (Å²) >= 11 is 3.58. The molecular formula is C17H18BrNO. The lowest BCUT2D eigenvalue weighted by Crippen LogP contribution is -2.08. The number of rotatable bonds is 3.